The molecule has 0 saturated heterocycles. The van der Waals surface area contributed by atoms with Crippen molar-refractivity contribution in [3.8, 4) is 0 Å². The summed E-state index contributed by atoms with van der Waals surface area (Å²) in [6.07, 6.45) is 0.285. The molecule has 0 heterocycles. The number of anilines is 1. The van der Waals surface area contributed by atoms with E-state index in [1.54, 1.807) is 0 Å². The Morgan fingerprint density at radius 2 is 1.69 bits per heavy atom. The predicted octanol–water partition coefficient (Wildman–Crippen LogP) is 3.82. The van der Waals surface area contributed by atoms with Crippen molar-refractivity contribution < 1.29 is 4.74 Å². The number of benzene rings is 1. The van der Waals surface area contributed by atoms with E-state index in [-0.39, 0.29) is 11.6 Å². The van der Waals surface area contributed by atoms with Crippen LogP contribution in [-0.4, -0.2) is 11.6 Å². The van der Waals surface area contributed by atoms with Crippen LogP contribution in [0, 0.1) is 0 Å². The first kappa shape index (κ1) is 13.0. The van der Waals surface area contributed by atoms with E-state index < -0.39 is 0 Å². The van der Waals surface area contributed by atoms with E-state index in [0.29, 0.717) is 6.61 Å². The number of ether oxygens (including phenoxy) is 1. The molecule has 2 heteroatoms. The Hall–Kier alpha value is -1.02. The summed E-state index contributed by atoms with van der Waals surface area (Å²) in [6.45, 7) is 11.3. The van der Waals surface area contributed by atoms with E-state index in [9.17, 15) is 0 Å². The lowest BCUT2D eigenvalue weighted by Crippen LogP contribution is -2.25. The summed E-state index contributed by atoms with van der Waals surface area (Å²) in [4.78, 5) is 0. The molecular formula is C14H23NO. The van der Waals surface area contributed by atoms with E-state index in [4.69, 9.17) is 4.74 Å². The topological polar surface area (TPSA) is 21.3 Å². The highest BCUT2D eigenvalue weighted by Gasteiger charge is 2.08. The summed E-state index contributed by atoms with van der Waals surface area (Å²) in [6, 6.07) is 8.42. The second-order valence-corrected chi connectivity index (χ2v) is 5.43. The third kappa shape index (κ3) is 5.17. The lowest BCUT2D eigenvalue weighted by molar-refractivity contribution is 0.0657. The molecule has 0 amide bonds. The molecule has 0 radical (unpaired) electrons. The minimum Gasteiger partial charge on any atom is -0.380 e. The molecule has 0 aliphatic rings. The van der Waals surface area contributed by atoms with Gasteiger partial charge in [0.2, 0.25) is 0 Å². The van der Waals surface area contributed by atoms with Crippen LogP contribution >= 0.6 is 0 Å². The van der Waals surface area contributed by atoms with Crippen LogP contribution in [0.15, 0.2) is 24.3 Å². The number of hydrogen-bond acceptors (Lipinski definition) is 2. The van der Waals surface area contributed by atoms with Crippen molar-refractivity contribution in [1.82, 2.24) is 0 Å². The minimum absolute atomic E-state index is 0.107. The first-order valence-corrected chi connectivity index (χ1v) is 5.85. The van der Waals surface area contributed by atoms with Crippen molar-refractivity contribution in [2.45, 2.75) is 52.9 Å². The van der Waals surface area contributed by atoms with Crippen LogP contribution in [0.5, 0.6) is 0 Å². The highest BCUT2D eigenvalue weighted by atomic mass is 16.5. The van der Waals surface area contributed by atoms with Gasteiger partial charge >= 0.3 is 0 Å². The monoisotopic (exact) mass is 221 g/mol. The van der Waals surface area contributed by atoms with Crippen LogP contribution in [0.25, 0.3) is 0 Å². The van der Waals surface area contributed by atoms with Gasteiger partial charge in [0.1, 0.15) is 0 Å². The zero-order valence-corrected chi connectivity index (χ0v) is 11.0. The summed E-state index contributed by atoms with van der Waals surface area (Å²) in [7, 11) is 0. The normalized spacial score (nSPS) is 11.9. The van der Waals surface area contributed by atoms with Crippen molar-refractivity contribution >= 4 is 5.69 Å². The van der Waals surface area contributed by atoms with Crippen molar-refractivity contribution in [2.75, 3.05) is 5.32 Å². The fourth-order valence-corrected chi connectivity index (χ4v) is 1.38. The standard InChI is InChI=1S/C14H23NO/c1-11(2)16-10-12-6-8-13(9-7-12)15-14(3,4)5/h6-9,11,15H,10H2,1-5H3. The van der Waals surface area contributed by atoms with Gasteiger partial charge in [-0.2, -0.15) is 0 Å². The fourth-order valence-electron chi connectivity index (χ4n) is 1.38. The smallest absolute Gasteiger partial charge is 0.0720 e. The van der Waals surface area contributed by atoms with Gasteiger partial charge in [0.15, 0.2) is 0 Å². The molecule has 0 aromatic heterocycles. The Bertz CT molecular complexity index is 309. The lowest BCUT2D eigenvalue weighted by atomic mass is 10.1. The molecule has 0 spiro atoms. The third-order valence-electron chi connectivity index (χ3n) is 2.06. The van der Waals surface area contributed by atoms with Crippen LogP contribution in [-0.2, 0) is 11.3 Å². The maximum atomic E-state index is 5.55. The maximum absolute atomic E-state index is 5.55. The molecule has 16 heavy (non-hydrogen) atoms. The van der Waals surface area contributed by atoms with Gasteiger partial charge in [0.05, 0.1) is 12.7 Å². The van der Waals surface area contributed by atoms with E-state index in [1.807, 2.05) is 0 Å². The minimum atomic E-state index is 0.107. The van der Waals surface area contributed by atoms with Crippen LogP contribution in [0.3, 0.4) is 0 Å². The second kappa shape index (κ2) is 5.35. The van der Waals surface area contributed by atoms with Gasteiger partial charge in [-0.25, -0.2) is 0 Å². The molecule has 1 rings (SSSR count). The van der Waals surface area contributed by atoms with Crippen LogP contribution < -0.4 is 5.32 Å². The average molecular weight is 221 g/mol. The number of nitrogens with one attached hydrogen (secondary N) is 1. The molecule has 0 atom stereocenters. The van der Waals surface area contributed by atoms with Crippen molar-refractivity contribution in [3.05, 3.63) is 29.8 Å². The predicted molar refractivity (Wildman–Crippen MR) is 69.7 cm³/mol. The van der Waals surface area contributed by atoms with Gasteiger partial charge in [0, 0.05) is 11.2 Å². The molecular weight excluding hydrogens is 198 g/mol. The molecule has 0 unspecified atom stereocenters. The molecule has 0 saturated carbocycles. The second-order valence-electron chi connectivity index (χ2n) is 5.43. The highest BCUT2D eigenvalue weighted by molar-refractivity contribution is 5.46. The molecule has 0 aliphatic heterocycles. The summed E-state index contributed by atoms with van der Waals surface area (Å²) >= 11 is 0. The van der Waals surface area contributed by atoms with Crippen molar-refractivity contribution in [2.24, 2.45) is 0 Å². The first-order chi connectivity index (χ1) is 7.37. The quantitative estimate of drug-likeness (QED) is 0.834. The van der Waals surface area contributed by atoms with Crippen molar-refractivity contribution in [3.63, 3.8) is 0 Å². The first-order valence-electron chi connectivity index (χ1n) is 5.85. The Balaban J connectivity index is 2.54. The molecule has 90 valence electrons. The van der Waals surface area contributed by atoms with Gasteiger partial charge in [-0.1, -0.05) is 12.1 Å². The molecule has 0 aliphatic carbocycles. The van der Waals surface area contributed by atoms with Gasteiger partial charge in [-0.05, 0) is 52.3 Å². The lowest BCUT2D eigenvalue weighted by Gasteiger charge is -2.22. The van der Waals surface area contributed by atoms with Gasteiger partial charge < -0.3 is 10.1 Å². The van der Waals surface area contributed by atoms with E-state index in [0.717, 1.165) is 5.69 Å². The van der Waals surface area contributed by atoms with Gasteiger partial charge in [-0.15, -0.1) is 0 Å². The highest BCUT2D eigenvalue weighted by Crippen LogP contribution is 2.15. The Labute approximate surface area is 99.0 Å². The Kier molecular flexibility index (Phi) is 4.36. The fraction of sp³-hybridized carbons (Fsp3) is 0.571. The number of rotatable bonds is 4. The van der Waals surface area contributed by atoms with Gasteiger partial charge in [-0.3, -0.25) is 0 Å². The molecule has 2 nitrogen and oxygen atoms in total. The Morgan fingerprint density at radius 1 is 1.12 bits per heavy atom. The van der Waals surface area contributed by atoms with E-state index >= 15 is 0 Å². The SMILES string of the molecule is CC(C)OCc1ccc(NC(C)(C)C)cc1. The van der Waals surface area contributed by atoms with Crippen LogP contribution in [0.2, 0.25) is 0 Å². The summed E-state index contributed by atoms with van der Waals surface area (Å²) in [5.74, 6) is 0. The third-order valence-corrected chi connectivity index (χ3v) is 2.06. The van der Waals surface area contributed by atoms with E-state index in [1.165, 1.54) is 5.56 Å². The van der Waals surface area contributed by atoms with Crippen LogP contribution in [0.4, 0.5) is 5.69 Å². The van der Waals surface area contributed by atoms with E-state index in [2.05, 4.69) is 64.2 Å². The van der Waals surface area contributed by atoms with Crippen molar-refractivity contribution in [1.29, 1.82) is 0 Å². The largest absolute Gasteiger partial charge is 0.380 e. The summed E-state index contributed by atoms with van der Waals surface area (Å²) < 4.78 is 5.55. The summed E-state index contributed by atoms with van der Waals surface area (Å²) in [5, 5.41) is 3.43. The average Bonchev–Trinajstić information content (AvgIpc) is 2.14. The molecule has 0 fully saturated rings. The zero-order valence-electron chi connectivity index (χ0n) is 11.0. The maximum Gasteiger partial charge on any atom is 0.0720 e. The number of hydrogen-bond donors (Lipinski definition) is 1. The Morgan fingerprint density at radius 3 is 2.12 bits per heavy atom. The molecule has 1 aromatic carbocycles. The van der Waals surface area contributed by atoms with Crippen LogP contribution in [0.1, 0.15) is 40.2 Å². The molecule has 1 aromatic rings. The summed E-state index contributed by atoms with van der Waals surface area (Å²) in [5.41, 5.74) is 2.48. The van der Waals surface area contributed by atoms with Gasteiger partial charge in [0.25, 0.3) is 0 Å². The molecule has 0 bridgehead atoms. The molecule has 1 N–H and O–H groups in total. The zero-order chi connectivity index (χ0) is 12.2.